The van der Waals surface area contributed by atoms with E-state index in [1.807, 2.05) is 0 Å². The van der Waals surface area contributed by atoms with Crippen LogP contribution in [0.25, 0.3) is 11.3 Å². The molecule has 0 saturated carbocycles. The van der Waals surface area contributed by atoms with Crippen LogP contribution in [-0.4, -0.2) is 43.6 Å². The number of aliphatic carboxylic acids is 1. The highest BCUT2D eigenvalue weighted by molar-refractivity contribution is 6.35. The molecule has 0 aliphatic carbocycles. The number of nitrogens with one attached hydrogen (secondary N) is 3. The number of para-hydroxylation sites is 1. The summed E-state index contributed by atoms with van der Waals surface area (Å²) in [5, 5.41) is 28.9. The van der Waals surface area contributed by atoms with Gasteiger partial charge in [-0.25, -0.2) is 19.7 Å². The minimum absolute atomic E-state index is 0.0118. The molecule has 0 unspecified atom stereocenters. The lowest BCUT2D eigenvalue weighted by Gasteiger charge is -2.18. The van der Waals surface area contributed by atoms with Crippen LogP contribution in [0, 0.1) is 6.92 Å². The number of oxazole rings is 1. The van der Waals surface area contributed by atoms with Gasteiger partial charge < -0.3 is 30.6 Å². The molecule has 5 N–H and O–H groups in total. The number of hydrogen-bond acceptors (Lipinski definition) is 9. The van der Waals surface area contributed by atoms with Crippen molar-refractivity contribution in [3.05, 3.63) is 76.0 Å². The van der Waals surface area contributed by atoms with Crippen LogP contribution in [0.4, 0.5) is 23.0 Å². The maximum absolute atomic E-state index is 11.7. The second kappa shape index (κ2) is 12.5. The van der Waals surface area contributed by atoms with Crippen molar-refractivity contribution in [3.8, 4) is 11.3 Å². The van der Waals surface area contributed by atoms with E-state index in [2.05, 4.69) is 30.9 Å². The number of aryl methyl sites for hydroxylation is 1. The number of carboxylic acid groups (broad SMARTS) is 2. The maximum atomic E-state index is 11.7. The summed E-state index contributed by atoms with van der Waals surface area (Å²) >= 11 is 12.4. The maximum Gasteiger partial charge on any atom is 0.337 e. The van der Waals surface area contributed by atoms with E-state index in [0.717, 1.165) is 0 Å². The van der Waals surface area contributed by atoms with Gasteiger partial charge in [-0.1, -0.05) is 35.3 Å². The van der Waals surface area contributed by atoms with Gasteiger partial charge in [-0.15, -0.1) is 0 Å². The molecule has 0 spiro atoms. The van der Waals surface area contributed by atoms with Gasteiger partial charge in [-0.3, -0.25) is 4.79 Å². The minimum Gasteiger partial charge on any atom is -0.481 e. The van der Waals surface area contributed by atoms with Gasteiger partial charge in [0, 0.05) is 23.6 Å². The lowest BCUT2D eigenvalue weighted by Crippen LogP contribution is -2.14. The summed E-state index contributed by atoms with van der Waals surface area (Å²) in [7, 11) is 0. The largest absolute Gasteiger partial charge is 0.481 e. The second-order valence-corrected chi connectivity index (χ2v) is 9.18. The average Bonchev–Trinajstić information content (AvgIpc) is 3.36. The molecule has 13 heteroatoms. The highest BCUT2D eigenvalue weighted by Crippen LogP contribution is 2.33. The number of halogens is 2. The zero-order valence-corrected chi connectivity index (χ0v) is 22.2. The number of aromatic nitrogens is 3. The molecule has 11 nitrogen and oxygen atoms in total. The first-order valence-corrected chi connectivity index (χ1v) is 12.5. The number of hydrogen-bond donors (Lipinski definition) is 5. The van der Waals surface area contributed by atoms with E-state index in [0.29, 0.717) is 69.1 Å². The first kappa shape index (κ1) is 27.7. The lowest BCUT2D eigenvalue weighted by molar-refractivity contribution is -0.137. The highest BCUT2D eigenvalue weighted by atomic mass is 35.5. The van der Waals surface area contributed by atoms with Crippen molar-refractivity contribution in [2.45, 2.75) is 26.3 Å². The van der Waals surface area contributed by atoms with Crippen molar-refractivity contribution in [2.24, 2.45) is 0 Å². The van der Waals surface area contributed by atoms with Gasteiger partial charge in [-0.2, -0.15) is 0 Å². The molecule has 2 aromatic carbocycles. The van der Waals surface area contributed by atoms with E-state index in [-0.39, 0.29) is 18.5 Å². The highest BCUT2D eigenvalue weighted by Gasteiger charge is 2.18. The molecule has 0 saturated heterocycles. The van der Waals surface area contributed by atoms with Crippen LogP contribution in [-0.2, 0) is 11.3 Å². The molecule has 39 heavy (non-hydrogen) atoms. The van der Waals surface area contributed by atoms with Crippen LogP contribution < -0.4 is 16.0 Å². The molecule has 2 heterocycles. The van der Waals surface area contributed by atoms with Crippen molar-refractivity contribution in [1.29, 1.82) is 0 Å². The molecule has 202 valence electrons. The van der Waals surface area contributed by atoms with Crippen molar-refractivity contribution in [3.63, 3.8) is 0 Å². The number of rotatable bonds is 12. The summed E-state index contributed by atoms with van der Waals surface area (Å²) in [5.41, 5.74) is 1.40. The number of aromatic carboxylic acids is 1. The topological polar surface area (TPSA) is 162 Å². The van der Waals surface area contributed by atoms with Crippen molar-refractivity contribution >= 4 is 58.2 Å². The first-order chi connectivity index (χ1) is 18.7. The Balaban J connectivity index is 1.63. The second-order valence-electron chi connectivity index (χ2n) is 8.34. The fourth-order valence-corrected chi connectivity index (χ4v) is 4.06. The average molecular weight is 571 g/mol. The monoisotopic (exact) mass is 570 g/mol. The van der Waals surface area contributed by atoms with Crippen LogP contribution in [0.3, 0.4) is 0 Å². The number of carbonyl (C=O) groups is 2. The number of benzene rings is 2. The minimum atomic E-state index is -1.10. The molecule has 0 radical (unpaired) electrons. The Morgan fingerprint density at radius 1 is 1.03 bits per heavy atom. The summed E-state index contributed by atoms with van der Waals surface area (Å²) in [4.78, 5) is 35.9. The van der Waals surface area contributed by atoms with Crippen LogP contribution in [0.1, 0.15) is 34.9 Å². The summed E-state index contributed by atoms with van der Waals surface area (Å²) in [5.74, 6) is -0.130. The fourth-order valence-electron chi connectivity index (χ4n) is 3.68. The molecule has 0 fully saturated rings. The predicted molar refractivity (Wildman–Crippen MR) is 148 cm³/mol. The quantitative estimate of drug-likeness (QED) is 0.125. The van der Waals surface area contributed by atoms with E-state index in [1.54, 1.807) is 43.3 Å². The number of anilines is 4. The molecular weight excluding hydrogens is 547 g/mol. The lowest BCUT2D eigenvalue weighted by atomic mass is 10.2. The Labute approximate surface area is 233 Å². The van der Waals surface area contributed by atoms with E-state index >= 15 is 0 Å². The molecule has 4 rings (SSSR count). The zero-order chi connectivity index (χ0) is 27.9. The molecule has 0 aliphatic rings. The van der Waals surface area contributed by atoms with E-state index in [4.69, 9.17) is 32.7 Å². The van der Waals surface area contributed by atoms with Crippen molar-refractivity contribution in [2.75, 3.05) is 22.5 Å². The number of carboxylic acids is 2. The van der Waals surface area contributed by atoms with Gasteiger partial charge in [0.15, 0.2) is 17.4 Å². The Kier molecular flexibility index (Phi) is 8.84. The molecule has 4 aromatic rings. The SMILES string of the molecule is Cc1nc(NCCCC(=O)O)c(NCc2ncc(-c3cc(Cl)ccc3Cl)o2)c(Nc2ccccc2C(=O)O)n1. The van der Waals surface area contributed by atoms with E-state index < -0.39 is 11.9 Å². The Hall–Kier alpha value is -4.35. The molecule has 0 aliphatic heterocycles. The molecule has 2 aromatic heterocycles. The smallest absolute Gasteiger partial charge is 0.337 e. The van der Waals surface area contributed by atoms with Crippen LogP contribution in [0.2, 0.25) is 10.0 Å². The summed E-state index contributed by atoms with van der Waals surface area (Å²) < 4.78 is 5.88. The molecular formula is C26H24Cl2N6O5. The molecule has 0 bridgehead atoms. The normalized spacial score (nSPS) is 10.7. The van der Waals surface area contributed by atoms with Gasteiger partial charge in [0.05, 0.1) is 29.0 Å². The third-order valence-electron chi connectivity index (χ3n) is 5.46. The van der Waals surface area contributed by atoms with Crippen LogP contribution in [0.5, 0.6) is 0 Å². The third kappa shape index (κ3) is 7.15. The van der Waals surface area contributed by atoms with E-state index in [1.165, 1.54) is 12.3 Å². The Morgan fingerprint density at radius 3 is 2.56 bits per heavy atom. The van der Waals surface area contributed by atoms with Gasteiger partial charge in [0.1, 0.15) is 11.5 Å². The number of nitrogens with zero attached hydrogens (tertiary/aromatic N) is 3. The Morgan fingerprint density at radius 2 is 1.79 bits per heavy atom. The molecule has 0 atom stereocenters. The Bertz CT molecular complexity index is 1510. The van der Waals surface area contributed by atoms with Crippen molar-refractivity contribution in [1.82, 2.24) is 15.0 Å². The van der Waals surface area contributed by atoms with Crippen molar-refractivity contribution < 1.29 is 24.2 Å². The van der Waals surface area contributed by atoms with Gasteiger partial charge in [0.2, 0.25) is 5.89 Å². The van der Waals surface area contributed by atoms with Gasteiger partial charge in [0.25, 0.3) is 0 Å². The van der Waals surface area contributed by atoms with Crippen LogP contribution >= 0.6 is 23.2 Å². The first-order valence-electron chi connectivity index (χ1n) is 11.8. The van der Waals surface area contributed by atoms with Crippen LogP contribution in [0.15, 0.2) is 53.1 Å². The standard InChI is InChI=1S/C26H24Cl2N6O5/c1-14-32-24(29-10-4-7-22(35)36)23(25(33-14)34-19-6-3-2-5-16(19)26(37)38)31-13-21-30-12-20(39-21)17-11-15(27)8-9-18(17)28/h2-3,5-6,8-9,11-12,31H,4,7,10,13H2,1H3,(H,35,36)(H,37,38)(H2,29,32,33,34). The van der Waals surface area contributed by atoms with E-state index in [9.17, 15) is 14.7 Å². The summed E-state index contributed by atoms with van der Waals surface area (Å²) in [6.07, 6.45) is 1.89. The summed E-state index contributed by atoms with van der Waals surface area (Å²) in [6.45, 7) is 2.14. The predicted octanol–water partition coefficient (Wildman–Crippen LogP) is 6.08. The van der Waals surface area contributed by atoms with Gasteiger partial charge in [-0.05, 0) is 43.7 Å². The third-order valence-corrected chi connectivity index (χ3v) is 6.02. The summed E-state index contributed by atoms with van der Waals surface area (Å²) in [6, 6.07) is 11.4. The molecule has 0 amide bonds. The van der Waals surface area contributed by atoms with Gasteiger partial charge >= 0.3 is 11.9 Å². The zero-order valence-electron chi connectivity index (χ0n) is 20.7. The fraction of sp³-hybridized carbons (Fsp3) is 0.192.